The molecule has 0 fully saturated rings. The summed E-state index contributed by atoms with van der Waals surface area (Å²) in [7, 11) is -1.99. The van der Waals surface area contributed by atoms with Gasteiger partial charge in [0.1, 0.15) is 18.1 Å². The normalized spacial score (nSPS) is 16.1. The van der Waals surface area contributed by atoms with Crippen molar-refractivity contribution in [1.82, 2.24) is 9.97 Å². The van der Waals surface area contributed by atoms with Crippen molar-refractivity contribution in [3.63, 3.8) is 0 Å². The lowest BCUT2D eigenvalue weighted by atomic mass is 10.0. The number of thiophene rings is 4. The standard InChI is InChI=1S/C50H70N2S6Si/c1-9-15-19-21-25-37-27-33(7)53-43(37)47-51-49-50(57-47)52-48(58-49)44-38(26-22-20-16-10-2)29-39(55-44)40-30-42-46(56-40)45-41(28-34(8)54-45)59(42,31-35(13-5)23-17-11-3)32-36(14-6)24-18-12-4/h27-30,35-36H,9-26,31-32H2,1-8H3. The van der Waals surface area contributed by atoms with Gasteiger partial charge in [0, 0.05) is 29.3 Å². The molecule has 59 heavy (non-hydrogen) atoms. The van der Waals surface area contributed by atoms with Crippen LogP contribution in [0.2, 0.25) is 12.1 Å². The fraction of sp³-hybridized carbons (Fsp3) is 0.600. The molecule has 6 aromatic heterocycles. The molecule has 0 saturated heterocycles. The number of unbranched alkanes of at least 4 members (excludes halogenated alkanes) is 8. The predicted molar refractivity (Wildman–Crippen MR) is 275 cm³/mol. The van der Waals surface area contributed by atoms with E-state index >= 15 is 0 Å². The lowest BCUT2D eigenvalue weighted by Gasteiger charge is -2.35. The highest BCUT2D eigenvalue weighted by atomic mass is 32.1. The van der Waals surface area contributed by atoms with Crippen LogP contribution in [0.3, 0.4) is 0 Å². The summed E-state index contributed by atoms with van der Waals surface area (Å²) in [5, 5.41) is 5.98. The van der Waals surface area contributed by atoms with Crippen LogP contribution in [0.1, 0.15) is 165 Å². The summed E-state index contributed by atoms with van der Waals surface area (Å²) < 4.78 is 0. The summed E-state index contributed by atoms with van der Waals surface area (Å²) in [6.45, 7) is 19.0. The highest BCUT2D eigenvalue weighted by molar-refractivity contribution is 7.34. The molecule has 0 saturated carbocycles. The van der Waals surface area contributed by atoms with Crippen molar-refractivity contribution in [3.05, 3.63) is 45.1 Å². The molecule has 1 aliphatic rings. The van der Waals surface area contributed by atoms with Crippen LogP contribution in [0, 0.1) is 25.7 Å². The van der Waals surface area contributed by atoms with Crippen molar-refractivity contribution >= 4 is 96.1 Å². The molecule has 0 spiro atoms. The average molecular weight is 920 g/mol. The molecular weight excluding hydrogens is 849 g/mol. The number of fused-ring (bicyclic) bond motifs is 4. The number of hydrogen-bond acceptors (Lipinski definition) is 8. The number of aromatic nitrogens is 2. The van der Waals surface area contributed by atoms with Crippen LogP contribution in [0.4, 0.5) is 0 Å². The van der Waals surface area contributed by atoms with Gasteiger partial charge in [-0.2, -0.15) is 0 Å². The van der Waals surface area contributed by atoms with E-state index in [1.807, 2.05) is 55.7 Å². The highest BCUT2D eigenvalue weighted by Gasteiger charge is 2.49. The van der Waals surface area contributed by atoms with Gasteiger partial charge in [-0.05, 0) is 109 Å². The van der Waals surface area contributed by atoms with Crippen LogP contribution in [0.5, 0.6) is 0 Å². The molecule has 0 radical (unpaired) electrons. The first-order valence-corrected chi connectivity index (χ1v) is 30.8. The third kappa shape index (κ3) is 10.2. The van der Waals surface area contributed by atoms with Gasteiger partial charge < -0.3 is 0 Å². The lowest BCUT2D eigenvalue weighted by molar-refractivity contribution is 0.469. The quantitative estimate of drug-likeness (QED) is 0.0422. The Hall–Kier alpha value is -1.46. The summed E-state index contributed by atoms with van der Waals surface area (Å²) in [4.78, 5) is 24.9. The maximum absolute atomic E-state index is 5.40. The van der Waals surface area contributed by atoms with Crippen LogP contribution in [0.15, 0.2) is 24.3 Å². The second-order valence-corrected chi connectivity index (χ2v) is 28.4. The maximum Gasteiger partial charge on any atom is 0.155 e. The topological polar surface area (TPSA) is 25.8 Å². The number of aryl methyl sites for hydroxylation is 4. The zero-order chi connectivity index (χ0) is 41.5. The van der Waals surface area contributed by atoms with Gasteiger partial charge in [-0.3, -0.25) is 0 Å². The Labute approximate surface area is 382 Å². The molecule has 0 aliphatic carbocycles. The Balaban J connectivity index is 1.26. The number of rotatable bonds is 25. The van der Waals surface area contributed by atoms with Crippen LogP contribution in [-0.2, 0) is 12.8 Å². The SMILES string of the molecule is CCCCCCc1cc(C)sc1-c1nc2sc(-c3sc(-c4cc5c(s4)-c4sc(C)cc4[Si]5(CC(CC)CCCC)CC(CC)CCCC)cc3CCCCCC)nc2s1. The number of nitrogens with zero attached hydrogens (tertiary/aromatic N) is 2. The van der Waals surface area contributed by atoms with E-state index in [2.05, 4.69) is 102 Å². The predicted octanol–water partition coefficient (Wildman–Crippen LogP) is 17.8. The molecule has 0 N–H and O–H groups in total. The van der Waals surface area contributed by atoms with Crippen molar-refractivity contribution in [3.8, 4) is 39.3 Å². The second-order valence-electron chi connectivity index (χ2n) is 17.7. The molecule has 2 nitrogen and oxygen atoms in total. The molecule has 9 heteroatoms. The zero-order valence-electron chi connectivity index (χ0n) is 37.5. The summed E-state index contributed by atoms with van der Waals surface area (Å²) in [5.41, 5.74) is 2.99. The Morgan fingerprint density at radius 1 is 0.475 bits per heavy atom. The van der Waals surface area contributed by atoms with Gasteiger partial charge in [0.25, 0.3) is 0 Å². The zero-order valence-corrected chi connectivity index (χ0v) is 43.3. The Morgan fingerprint density at radius 2 is 0.932 bits per heavy atom. The largest absolute Gasteiger partial charge is 0.222 e. The molecule has 0 amide bonds. The molecule has 7 rings (SSSR count). The Morgan fingerprint density at radius 3 is 1.49 bits per heavy atom. The summed E-state index contributed by atoms with van der Waals surface area (Å²) in [6, 6.07) is 13.3. The molecule has 6 aromatic rings. The first-order valence-electron chi connectivity index (χ1n) is 23.5. The van der Waals surface area contributed by atoms with E-state index < -0.39 is 8.07 Å². The van der Waals surface area contributed by atoms with E-state index in [1.165, 1.54) is 165 Å². The van der Waals surface area contributed by atoms with E-state index in [0.717, 1.165) is 34.3 Å². The van der Waals surface area contributed by atoms with E-state index in [4.69, 9.17) is 9.97 Å². The van der Waals surface area contributed by atoms with Crippen LogP contribution < -0.4 is 10.4 Å². The first kappa shape index (κ1) is 45.6. The lowest BCUT2D eigenvalue weighted by Crippen LogP contribution is -2.56. The van der Waals surface area contributed by atoms with Crippen molar-refractivity contribution in [1.29, 1.82) is 0 Å². The van der Waals surface area contributed by atoms with Crippen molar-refractivity contribution in [2.45, 2.75) is 183 Å². The van der Waals surface area contributed by atoms with Crippen molar-refractivity contribution < 1.29 is 0 Å². The van der Waals surface area contributed by atoms with E-state index in [9.17, 15) is 0 Å². The molecular formula is C50H70N2S6Si. The van der Waals surface area contributed by atoms with Gasteiger partial charge in [0.2, 0.25) is 0 Å². The number of thiazole rings is 2. The van der Waals surface area contributed by atoms with Crippen LogP contribution >= 0.6 is 68.0 Å². The minimum absolute atomic E-state index is 0.824. The van der Waals surface area contributed by atoms with Crippen LogP contribution in [-0.4, -0.2) is 18.0 Å². The molecule has 0 aromatic carbocycles. The van der Waals surface area contributed by atoms with Gasteiger partial charge in [0.05, 0.1) is 9.75 Å². The van der Waals surface area contributed by atoms with Gasteiger partial charge in [-0.1, -0.05) is 154 Å². The molecule has 2 unspecified atom stereocenters. The third-order valence-corrected chi connectivity index (χ3v) is 26.0. The maximum atomic E-state index is 5.40. The Kier molecular flexibility index (Phi) is 16.4. The smallest absolute Gasteiger partial charge is 0.155 e. The van der Waals surface area contributed by atoms with E-state index in [0.29, 0.717) is 0 Å². The summed E-state index contributed by atoms with van der Waals surface area (Å²) in [5.74, 6) is 1.65. The summed E-state index contributed by atoms with van der Waals surface area (Å²) >= 11 is 11.8. The molecule has 1 aliphatic heterocycles. The minimum atomic E-state index is -1.99. The van der Waals surface area contributed by atoms with E-state index in [1.54, 1.807) is 9.75 Å². The molecule has 0 bridgehead atoms. The first-order chi connectivity index (χ1) is 28.7. The fourth-order valence-electron chi connectivity index (χ4n) is 9.79. The second kappa shape index (κ2) is 21.3. The highest BCUT2D eigenvalue weighted by Crippen LogP contribution is 2.50. The molecule has 2 atom stereocenters. The molecule has 320 valence electrons. The van der Waals surface area contributed by atoms with Crippen LogP contribution in [0.25, 0.3) is 48.9 Å². The van der Waals surface area contributed by atoms with Crippen molar-refractivity contribution in [2.24, 2.45) is 11.8 Å². The number of hydrogen-bond donors (Lipinski definition) is 0. The third-order valence-electron chi connectivity index (χ3n) is 13.1. The van der Waals surface area contributed by atoms with Gasteiger partial charge >= 0.3 is 0 Å². The monoisotopic (exact) mass is 918 g/mol. The van der Waals surface area contributed by atoms with E-state index in [-0.39, 0.29) is 0 Å². The Bertz CT molecular complexity index is 2190. The summed E-state index contributed by atoms with van der Waals surface area (Å²) in [6.07, 6.45) is 23.4. The molecule has 7 heterocycles. The minimum Gasteiger partial charge on any atom is -0.222 e. The average Bonchev–Trinajstić information content (AvgIpc) is 4.09. The van der Waals surface area contributed by atoms with Gasteiger partial charge in [-0.25, -0.2) is 9.97 Å². The van der Waals surface area contributed by atoms with Crippen molar-refractivity contribution in [2.75, 3.05) is 0 Å². The van der Waals surface area contributed by atoms with Gasteiger partial charge in [0.15, 0.2) is 9.66 Å². The fourth-order valence-corrected chi connectivity index (χ4v) is 24.7. The van der Waals surface area contributed by atoms with Gasteiger partial charge in [-0.15, -0.1) is 45.3 Å².